The quantitative estimate of drug-likeness (QED) is 0.629. The van der Waals surface area contributed by atoms with Gasteiger partial charge in [-0.15, -0.1) is 0 Å². The Balaban J connectivity index is 2.04. The maximum Gasteiger partial charge on any atom is 0.416 e. The summed E-state index contributed by atoms with van der Waals surface area (Å²) in [5.74, 6) is -3.17. The van der Waals surface area contributed by atoms with Crippen LogP contribution < -0.4 is 10.0 Å². The molecular formula is C16H10F4N2O4S. The summed E-state index contributed by atoms with van der Waals surface area (Å²) >= 11 is 0. The SMILES string of the molecule is NS(=O)(=O)c1ccc2c(c1)C(=O)C(=O)N2Cc1cc(C(F)(F)F)ccc1F. The number of benzene rings is 2. The van der Waals surface area contributed by atoms with Crippen molar-refractivity contribution in [2.24, 2.45) is 5.14 Å². The first-order chi connectivity index (χ1) is 12.4. The molecule has 11 heteroatoms. The molecule has 0 aromatic heterocycles. The molecule has 3 rings (SSSR count). The monoisotopic (exact) mass is 402 g/mol. The number of primary sulfonamides is 1. The molecule has 2 N–H and O–H groups in total. The minimum absolute atomic E-state index is 0.0470. The van der Waals surface area contributed by atoms with Gasteiger partial charge < -0.3 is 4.90 Å². The number of carbonyl (C=O) groups is 2. The Morgan fingerprint density at radius 2 is 1.70 bits per heavy atom. The summed E-state index contributed by atoms with van der Waals surface area (Å²) in [6, 6.07) is 4.77. The Morgan fingerprint density at radius 1 is 1.04 bits per heavy atom. The second kappa shape index (κ2) is 6.13. The van der Waals surface area contributed by atoms with Crippen molar-refractivity contribution in [2.45, 2.75) is 17.6 Å². The van der Waals surface area contributed by atoms with E-state index < -0.39 is 56.3 Å². The average molecular weight is 402 g/mol. The zero-order valence-corrected chi connectivity index (χ0v) is 14.1. The van der Waals surface area contributed by atoms with E-state index in [2.05, 4.69) is 0 Å². The molecule has 27 heavy (non-hydrogen) atoms. The van der Waals surface area contributed by atoms with Gasteiger partial charge in [-0.1, -0.05) is 0 Å². The van der Waals surface area contributed by atoms with E-state index in [0.29, 0.717) is 18.2 Å². The number of hydrogen-bond acceptors (Lipinski definition) is 4. The minimum Gasteiger partial charge on any atom is -0.300 e. The third kappa shape index (κ3) is 3.43. The zero-order valence-electron chi connectivity index (χ0n) is 13.2. The maximum absolute atomic E-state index is 13.9. The van der Waals surface area contributed by atoms with Crippen molar-refractivity contribution in [2.75, 3.05) is 4.90 Å². The number of rotatable bonds is 3. The number of halogens is 4. The minimum atomic E-state index is -4.71. The number of nitrogens with two attached hydrogens (primary N) is 1. The first kappa shape index (κ1) is 19.0. The fourth-order valence-electron chi connectivity index (χ4n) is 2.66. The van der Waals surface area contributed by atoms with Gasteiger partial charge in [0.15, 0.2) is 0 Å². The van der Waals surface area contributed by atoms with Crippen molar-refractivity contribution < 1.29 is 35.6 Å². The highest BCUT2D eigenvalue weighted by Gasteiger charge is 2.37. The molecule has 0 atom stereocenters. The number of fused-ring (bicyclic) bond motifs is 1. The topological polar surface area (TPSA) is 97.5 Å². The summed E-state index contributed by atoms with van der Waals surface area (Å²) in [5, 5.41) is 4.97. The van der Waals surface area contributed by atoms with Crippen LogP contribution in [-0.4, -0.2) is 20.1 Å². The molecular weight excluding hydrogens is 392 g/mol. The number of amides is 1. The van der Waals surface area contributed by atoms with Crippen LogP contribution in [0.3, 0.4) is 0 Å². The van der Waals surface area contributed by atoms with E-state index in [1.54, 1.807) is 0 Å². The fourth-order valence-corrected chi connectivity index (χ4v) is 3.20. The van der Waals surface area contributed by atoms with Crippen LogP contribution in [0.4, 0.5) is 23.2 Å². The lowest BCUT2D eigenvalue weighted by Crippen LogP contribution is -2.29. The van der Waals surface area contributed by atoms with Crippen molar-refractivity contribution >= 4 is 27.4 Å². The highest BCUT2D eigenvalue weighted by Crippen LogP contribution is 2.34. The molecule has 0 unspecified atom stereocenters. The highest BCUT2D eigenvalue weighted by molar-refractivity contribution is 7.89. The van der Waals surface area contributed by atoms with E-state index in [0.717, 1.165) is 23.1 Å². The first-order valence-electron chi connectivity index (χ1n) is 7.28. The number of hydrogen-bond donors (Lipinski definition) is 1. The summed E-state index contributed by atoms with van der Waals surface area (Å²) in [7, 11) is -4.14. The average Bonchev–Trinajstić information content (AvgIpc) is 2.79. The molecule has 6 nitrogen and oxygen atoms in total. The van der Waals surface area contributed by atoms with Crippen molar-refractivity contribution in [1.29, 1.82) is 0 Å². The van der Waals surface area contributed by atoms with E-state index in [1.807, 2.05) is 0 Å². The van der Waals surface area contributed by atoms with Gasteiger partial charge in [0.1, 0.15) is 5.82 Å². The Labute approximate surface area is 150 Å². The smallest absolute Gasteiger partial charge is 0.300 e. The molecule has 0 saturated carbocycles. The highest BCUT2D eigenvalue weighted by atomic mass is 32.2. The lowest BCUT2D eigenvalue weighted by Gasteiger charge is -2.18. The molecule has 1 amide bonds. The van der Waals surface area contributed by atoms with Gasteiger partial charge >= 0.3 is 6.18 Å². The number of anilines is 1. The largest absolute Gasteiger partial charge is 0.416 e. The van der Waals surface area contributed by atoms with Gasteiger partial charge in [-0.3, -0.25) is 9.59 Å². The van der Waals surface area contributed by atoms with Gasteiger partial charge in [-0.2, -0.15) is 13.2 Å². The molecule has 0 spiro atoms. The molecule has 1 aliphatic rings. The van der Waals surface area contributed by atoms with Gasteiger partial charge in [-0.05, 0) is 36.4 Å². The molecule has 0 bridgehead atoms. The lowest BCUT2D eigenvalue weighted by molar-refractivity contribution is -0.137. The molecule has 0 saturated heterocycles. The molecule has 142 valence electrons. The Morgan fingerprint density at radius 3 is 2.30 bits per heavy atom. The summed E-state index contributed by atoms with van der Waals surface area (Å²) in [6.45, 7) is -0.637. The standard InChI is InChI=1S/C16H10F4N2O4S/c17-12-3-1-9(16(18,19)20)5-8(12)7-22-13-4-2-10(27(21,25)26)6-11(13)14(23)15(22)24/h1-6H,7H2,(H2,21,25,26). The van der Waals surface area contributed by atoms with Gasteiger partial charge in [-0.25, -0.2) is 17.9 Å². The number of nitrogens with zero attached hydrogens (tertiary/aromatic N) is 1. The predicted octanol–water partition coefficient (Wildman–Crippen LogP) is 2.22. The molecule has 0 radical (unpaired) electrons. The number of carbonyl (C=O) groups excluding carboxylic acids is 2. The Kier molecular flexibility index (Phi) is 4.31. The van der Waals surface area contributed by atoms with E-state index in [-0.39, 0.29) is 11.3 Å². The van der Waals surface area contributed by atoms with Gasteiger partial charge in [0.25, 0.3) is 11.7 Å². The van der Waals surface area contributed by atoms with Crippen molar-refractivity contribution in [3.63, 3.8) is 0 Å². The van der Waals surface area contributed by atoms with Crippen LogP contribution in [0.1, 0.15) is 21.5 Å². The summed E-state index contributed by atoms with van der Waals surface area (Å²) in [5.41, 5.74) is -1.89. The van der Waals surface area contributed by atoms with Crippen molar-refractivity contribution in [3.8, 4) is 0 Å². The van der Waals surface area contributed by atoms with E-state index in [9.17, 15) is 35.6 Å². The zero-order chi connectivity index (χ0) is 20.1. The summed E-state index contributed by atoms with van der Waals surface area (Å²) in [4.78, 5) is 24.6. The number of alkyl halides is 3. The summed E-state index contributed by atoms with van der Waals surface area (Å²) in [6.07, 6.45) is -4.71. The van der Waals surface area contributed by atoms with Crippen LogP contribution in [0.25, 0.3) is 0 Å². The first-order valence-corrected chi connectivity index (χ1v) is 8.83. The summed E-state index contributed by atoms with van der Waals surface area (Å²) < 4.78 is 75.2. The molecule has 0 fully saturated rings. The number of Topliss-reactive ketones (excluding diaryl/α,β-unsaturated/α-hetero) is 1. The van der Waals surface area contributed by atoms with Crippen LogP contribution in [0.2, 0.25) is 0 Å². The maximum atomic E-state index is 13.9. The lowest BCUT2D eigenvalue weighted by atomic mass is 10.1. The van der Waals surface area contributed by atoms with Crippen LogP contribution in [0, 0.1) is 5.82 Å². The van der Waals surface area contributed by atoms with Crippen LogP contribution in [0.15, 0.2) is 41.3 Å². The van der Waals surface area contributed by atoms with Gasteiger partial charge in [0.05, 0.1) is 28.3 Å². The molecule has 1 heterocycles. The van der Waals surface area contributed by atoms with Gasteiger partial charge in [0.2, 0.25) is 10.0 Å². The van der Waals surface area contributed by atoms with E-state index in [4.69, 9.17) is 5.14 Å². The van der Waals surface area contributed by atoms with Crippen LogP contribution in [0.5, 0.6) is 0 Å². The second-order valence-corrected chi connectivity index (χ2v) is 7.31. The number of ketones is 1. The van der Waals surface area contributed by atoms with E-state index in [1.165, 1.54) is 0 Å². The van der Waals surface area contributed by atoms with Crippen molar-refractivity contribution in [1.82, 2.24) is 0 Å². The molecule has 2 aromatic carbocycles. The van der Waals surface area contributed by atoms with Crippen LogP contribution >= 0.6 is 0 Å². The molecule has 2 aromatic rings. The predicted molar refractivity (Wildman–Crippen MR) is 84.7 cm³/mol. The molecule has 0 aliphatic carbocycles. The van der Waals surface area contributed by atoms with Crippen LogP contribution in [-0.2, 0) is 27.5 Å². The third-order valence-electron chi connectivity index (χ3n) is 3.97. The normalized spacial score (nSPS) is 14.6. The Hall–Kier alpha value is -2.79. The van der Waals surface area contributed by atoms with Gasteiger partial charge in [0, 0.05) is 5.56 Å². The third-order valence-corrected chi connectivity index (χ3v) is 4.88. The molecule has 1 aliphatic heterocycles. The van der Waals surface area contributed by atoms with Crippen molar-refractivity contribution in [3.05, 3.63) is 58.9 Å². The van der Waals surface area contributed by atoms with E-state index >= 15 is 0 Å². The Bertz CT molecular complexity index is 1080. The fraction of sp³-hybridized carbons (Fsp3) is 0.125. The number of sulfonamides is 1. The second-order valence-electron chi connectivity index (χ2n) is 5.75.